The topological polar surface area (TPSA) is 106 Å². The molecule has 26 heavy (non-hydrogen) atoms. The molecule has 0 aromatic heterocycles. The zero-order chi connectivity index (χ0) is 19.1. The fourth-order valence-electron chi connectivity index (χ4n) is 2.54. The van der Waals surface area contributed by atoms with Gasteiger partial charge in [-0.2, -0.15) is 8.78 Å². The highest BCUT2D eigenvalue weighted by Crippen LogP contribution is 2.33. The van der Waals surface area contributed by atoms with Crippen molar-refractivity contribution in [2.45, 2.75) is 19.6 Å². The summed E-state index contributed by atoms with van der Waals surface area (Å²) in [7, 11) is 0. The standard InChI is InChI=1S/C16H22F2N4O4/c1-2-20-11(8-19)15(24)21-10-3-4-12(13(7-10)26-16(17)18)22-5-6-25-9-14(22)23/h3-4,7,11,16,20H,2,5-6,8-9,19H2,1H3,(H,21,24)/t11-/m1/s1. The summed E-state index contributed by atoms with van der Waals surface area (Å²) in [6.45, 7) is -0.229. The summed E-state index contributed by atoms with van der Waals surface area (Å²) >= 11 is 0. The maximum Gasteiger partial charge on any atom is 0.387 e. The first-order valence-corrected chi connectivity index (χ1v) is 8.17. The number of carbonyl (C=O) groups excluding carboxylic acids is 2. The zero-order valence-corrected chi connectivity index (χ0v) is 14.3. The summed E-state index contributed by atoms with van der Waals surface area (Å²) < 4.78 is 35.1. The summed E-state index contributed by atoms with van der Waals surface area (Å²) in [5.41, 5.74) is 5.99. The van der Waals surface area contributed by atoms with Crippen molar-refractivity contribution in [2.24, 2.45) is 5.73 Å². The summed E-state index contributed by atoms with van der Waals surface area (Å²) in [6.07, 6.45) is 0. The average Bonchev–Trinajstić information content (AvgIpc) is 2.60. The third kappa shape index (κ3) is 5.10. The molecule has 8 nitrogen and oxygen atoms in total. The van der Waals surface area contributed by atoms with E-state index in [0.717, 1.165) is 0 Å². The molecule has 1 saturated heterocycles. The van der Waals surface area contributed by atoms with Gasteiger partial charge < -0.3 is 30.7 Å². The number of nitrogens with zero attached hydrogens (tertiary/aromatic N) is 1. The molecular formula is C16H22F2N4O4. The second kappa shape index (κ2) is 9.41. The first-order chi connectivity index (χ1) is 12.5. The Labute approximate surface area is 149 Å². The van der Waals surface area contributed by atoms with Crippen LogP contribution in [0, 0.1) is 0 Å². The molecule has 0 aliphatic carbocycles. The fourth-order valence-corrected chi connectivity index (χ4v) is 2.54. The van der Waals surface area contributed by atoms with Crippen molar-refractivity contribution in [2.75, 3.05) is 43.1 Å². The van der Waals surface area contributed by atoms with E-state index in [2.05, 4.69) is 15.4 Å². The van der Waals surface area contributed by atoms with Crippen molar-refractivity contribution in [3.63, 3.8) is 0 Å². The van der Waals surface area contributed by atoms with Crippen LogP contribution in [0.3, 0.4) is 0 Å². The molecule has 1 heterocycles. The molecule has 1 atom stereocenters. The van der Waals surface area contributed by atoms with Crippen molar-refractivity contribution >= 4 is 23.2 Å². The number of nitrogens with two attached hydrogens (primary N) is 1. The van der Waals surface area contributed by atoms with E-state index < -0.39 is 18.6 Å². The number of ether oxygens (including phenoxy) is 2. The van der Waals surface area contributed by atoms with Crippen LogP contribution in [0.2, 0.25) is 0 Å². The van der Waals surface area contributed by atoms with E-state index >= 15 is 0 Å². The van der Waals surface area contributed by atoms with Crippen molar-refractivity contribution in [3.05, 3.63) is 18.2 Å². The molecule has 1 aliphatic rings. The van der Waals surface area contributed by atoms with Gasteiger partial charge in [0.05, 0.1) is 18.3 Å². The van der Waals surface area contributed by atoms with Gasteiger partial charge in [-0.3, -0.25) is 9.59 Å². The van der Waals surface area contributed by atoms with Crippen LogP contribution in [0.5, 0.6) is 5.75 Å². The van der Waals surface area contributed by atoms with Crippen LogP contribution < -0.4 is 26.0 Å². The van der Waals surface area contributed by atoms with Gasteiger partial charge in [-0.25, -0.2) is 0 Å². The van der Waals surface area contributed by atoms with Crippen molar-refractivity contribution in [1.29, 1.82) is 0 Å². The molecule has 1 fully saturated rings. The second-order valence-electron chi connectivity index (χ2n) is 5.49. The minimum atomic E-state index is -3.07. The maximum absolute atomic E-state index is 12.8. The molecule has 0 spiro atoms. The molecule has 0 radical (unpaired) electrons. The first kappa shape index (κ1) is 20.0. The van der Waals surface area contributed by atoms with E-state index in [1.807, 2.05) is 6.92 Å². The molecule has 2 rings (SSSR count). The third-order valence-electron chi connectivity index (χ3n) is 3.72. The molecule has 0 saturated carbocycles. The Morgan fingerprint density at radius 3 is 2.85 bits per heavy atom. The van der Waals surface area contributed by atoms with E-state index in [1.54, 1.807) is 0 Å². The molecule has 4 N–H and O–H groups in total. The predicted molar refractivity (Wildman–Crippen MR) is 91.4 cm³/mol. The highest BCUT2D eigenvalue weighted by molar-refractivity contribution is 5.98. The van der Waals surface area contributed by atoms with Crippen LogP contribution in [0.1, 0.15) is 6.92 Å². The molecule has 1 aromatic rings. The molecule has 144 valence electrons. The van der Waals surface area contributed by atoms with Crippen LogP contribution in [-0.2, 0) is 14.3 Å². The lowest BCUT2D eigenvalue weighted by atomic mass is 10.2. The summed E-state index contributed by atoms with van der Waals surface area (Å²) in [6, 6.07) is 3.59. The molecule has 10 heteroatoms. The second-order valence-corrected chi connectivity index (χ2v) is 5.49. The van der Waals surface area contributed by atoms with Crippen LogP contribution in [0.15, 0.2) is 18.2 Å². The number of amides is 2. The Kier molecular flexibility index (Phi) is 7.25. The van der Waals surface area contributed by atoms with Gasteiger partial charge in [0.25, 0.3) is 5.91 Å². The number of likely N-dealkylation sites (N-methyl/N-ethyl adjacent to an activating group) is 1. The number of carbonyl (C=O) groups is 2. The fraction of sp³-hybridized carbons (Fsp3) is 0.500. The van der Waals surface area contributed by atoms with Gasteiger partial charge in [-0.05, 0) is 18.7 Å². The van der Waals surface area contributed by atoms with Gasteiger partial charge in [0.2, 0.25) is 5.91 Å². The zero-order valence-electron chi connectivity index (χ0n) is 14.3. The van der Waals surface area contributed by atoms with E-state index in [4.69, 9.17) is 10.5 Å². The number of anilines is 2. The monoisotopic (exact) mass is 372 g/mol. The lowest BCUT2D eigenvalue weighted by molar-refractivity contribution is -0.125. The number of rotatable bonds is 8. The van der Waals surface area contributed by atoms with Gasteiger partial charge in [-0.15, -0.1) is 0 Å². The molecular weight excluding hydrogens is 350 g/mol. The normalized spacial score (nSPS) is 15.9. The lowest BCUT2D eigenvalue weighted by Gasteiger charge is -2.28. The first-order valence-electron chi connectivity index (χ1n) is 8.17. The van der Waals surface area contributed by atoms with Crippen LogP contribution >= 0.6 is 0 Å². The number of hydrogen-bond acceptors (Lipinski definition) is 6. The summed E-state index contributed by atoms with van der Waals surface area (Å²) in [5, 5.41) is 5.51. The summed E-state index contributed by atoms with van der Waals surface area (Å²) in [4.78, 5) is 25.5. The quantitative estimate of drug-likeness (QED) is 0.615. The Morgan fingerprint density at radius 1 is 1.46 bits per heavy atom. The minimum Gasteiger partial charge on any atom is -0.433 e. The maximum atomic E-state index is 12.8. The molecule has 1 aliphatic heterocycles. The van der Waals surface area contributed by atoms with Gasteiger partial charge >= 0.3 is 6.61 Å². The Hall–Kier alpha value is -2.30. The number of morpholine rings is 1. The molecule has 0 bridgehead atoms. The highest BCUT2D eigenvalue weighted by Gasteiger charge is 2.25. The van der Waals surface area contributed by atoms with Gasteiger partial charge in [0, 0.05) is 24.8 Å². The van der Waals surface area contributed by atoms with Crippen LogP contribution in [0.25, 0.3) is 0 Å². The smallest absolute Gasteiger partial charge is 0.387 e. The molecule has 0 unspecified atom stereocenters. The molecule has 1 aromatic carbocycles. The predicted octanol–water partition coefficient (Wildman–Crippen LogP) is 0.526. The van der Waals surface area contributed by atoms with Gasteiger partial charge in [-0.1, -0.05) is 6.92 Å². The lowest BCUT2D eigenvalue weighted by Crippen LogP contribution is -2.45. The SMILES string of the molecule is CCN[C@H](CN)C(=O)Nc1ccc(N2CCOCC2=O)c(OC(F)F)c1. The Bertz CT molecular complexity index is 645. The average molecular weight is 372 g/mol. The molecule has 2 amide bonds. The van der Waals surface area contributed by atoms with Crippen molar-refractivity contribution in [1.82, 2.24) is 5.32 Å². The largest absolute Gasteiger partial charge is 0.433 e. The number of hydrogen-bond donors (Lipinski definition) is 3. The minimum absolute atomic E-state index is 0.0838. The Balaban J connectivity index is 2.24. The van der Waals surface area contributed by atoms with E-state index in [9.17, 15) is 18.4 Å². The number of nitrogens with one attached hydrogen (secondary N) is 2. The van der Waals surface area contributed by atoms with Gasteiger partial charge in [0.1, 0.15) is 6.61 Å². The summed E-state index contributed by atoms with van der Waals surface area (Å²) in [5.74, 6) is -0.962. The van der Waals surface area contributed by atoms with E-state index in [0.29, 0.717) is 13.2 Å². The van der Waals surface area contributed by atoms with Crippen LogP contribution in [-0.4, -0.2) is 57.3 Å². The van der Waals surface area contributed by atoms with E-state index in [-0.39, 0.29) is 42.7 Å². The van der Waals surface area contributed by atoms with Crippen LogP contribution in [0.4, 0.5) is 20.2 Å². The number of benzene rings is 1. The van der Waals surface area contributed by atoms with Crippen molar-refractivity contribution in [3.8, 4) is 5.75 Å². The third-order valence-corrected chi connectivity index (χ3v) is 3.72. The van der Waals surface area contributed by atoms with E-state index in [1.165, 1.54) is 23.1 Å². The number of halogens is 2. The highest BCUT2D eigenvalue weighted by atomic mass is 19.3. The van der Waals surface area contributed by atoms with Gasteiger partial charge in [0.15, 0.2) is 5.75 Å². The van der Waals surface area contributed by atoms with Crippen molar-refractivity contribution < 1.29 is 27.8 Å². The Morgan fingerprint density at radius 2 is 2.23 bits per heavy atom. The number of alkyl halides is 2.